The molecule has 0 saturated carbocycles. The minimum atomic E-state index is -1.00. The fraction of sp³-hybridized carbons (Fsp3) is 0.500. The molecule has 1 fully saturated rings. The second-order valence-corrected chi connectivity index (χ2v) is 5.69. The highest BCUT2D eigenvalue weighted by atomic mass is 16.5. The third-order valence-electron chi connectivity index (χ3n) is 3.99. The van der Waals surface area contributed by atoms with Gasteiger partial charge in [-0.05, 0) is 13.0 Å². The molecule has 0 unspecified atom stereocenters. The van der Waals surface area contributed by atoms with Crippen molar-refractivity contribution in [2.75, 3.05) is 39.2 Å². The molecule has 0 spiro atoms. The summed E-state index contributed by atoms with van der Waals surface area (Å²) in [6.45, 7) is 0.678. The quantitative estimate of drug-likeness (QED) is 0.689. The Morgan fingerprint density at radius 1 is 1.25 bits per heavy atom. The van der Waals surface area contributed by atoms with Crippen LogP contribution in [0.1, 0.15) is 6.42 Å². The Kier molecular flexibility index (Phi) is 5.99. The first-order valence-corrected chi connectivity index (χ1v) is 7.59. The maximum Gasteiger partial charge on any atom is 0.309 e. The lowest BCUT2D eigenvalue weighted by Crippen LogP contribution is -2.48. The number of amides is 1. The van der Waals surface area contributed by atoms with Crippen LogP contribution >= 0.6 is 0 Å². The van der Waals surface area contributed by atoms with Gasteiger partial charge in [0, 0.05) is 30.4 Å². The Labute approximate surface area is 140 Å². The third-order valence-corrected chi connectivity index (χ3v) is 3.99. The van der Waals surface area contributed by atoms with Gasteiger partial charge >= 0.3 is 5.97 Å². The summed E-state index contributed by atoms with van der Waals surface area (Å²) in [5, 5.41) is 21.6. The van der Waals surface area contributed by atoms with Crippen LogP contribution in [-0.4, -0.2) is 66.9 Å². The molecule has 1 aromatic carbocycles. The second-order valence-electron chi connectivity index (χ2n) is 5.69. The molecule has 24 heavy (non-hydrogen) atoms. The lowest BCUT2D eigenvalue weighted by molar-refractivity contribution is -0.148. The molecule has 132 valence electrons. The smallest absolute Gasteiger partial charge is 0.309 e. The van der Waals surface area contributed by atoms with Crippen LogP contribution < -0.4 is 14.8 Å². The molecule has 0 radical (unpaired) electrons. The number of carbonyl (C=O) groups is 2. The number of anilines is 1. The van der Waals surface area contributed by atoms with Crippen LogP contribution in [0, 0.1) is 5.92 Å². The number of hydrogen-bond acceptors (Lipinski definition) is 6. The number of nitrogens with zero attached hydrogens (tertiary/aromatic N) is 1. The van der Waals surface area contributed by atoms with Gasteiger partial charge in [-0.25, -0.2) is 0 Å². The highest BCUT2D eigenvalue weighted by molar-refractivity contribution is 5.92. The number of carboxylic acid groups (broad SMARTS) is 1. The first-order chi connectivity index (χ1) is 11.4. The van der Waals surface area contributed by atoms with Crippen molar-refractivity contribution in [2.24, 2.45) is 5.92 Å². The van der Waals surface area contributed by atoms with Crippen LogP contribution in [-0.2, 0) is 9.59 Å². The topological polar surface area (TPSA) is 108 Å². The van der Waals surface area contributed by atoms with E-state index in [1.165, 1.54) is 14.2 Å². The van der Waals surface area contributed by atoms with Gasteiger partial charge in [-0.1, -0.05) is 0 Å². The zero-order chi connectivity index (χ0) is 17.7. The molecule has 1 saturated heterocycles. The van der Waals surface area contributed by atoms with Gasteiger partial charge in [0.05, 0.1) is 32.8 Å². The molecule has 2 atom stereocenters. The molecule has 8 nitrogen and oxygen atoms in total. The number of carboxylic acids is 1. The van der Waals surface area contributed by atoms with E-state index in [1.807, 2.05) is 0 Å². The first kappa shape index (κ1) is 18.0. The Morgan fingerprint density at radius 3 is 2.38 bits per heavy atom. The van der Waals surface area contributed by atoms with Gasteiger partial charge < -0.3 is 25.0 Å². The molecule has 1 aromatic rings. The van der Waals surface area contributed by atoms with Gasteiger partial charge in [-0.2, -0.15) is 0 Å². The molecule has 0 aromatic heterocycles. The van der Waals surface area contributed by atoms with E-state index in [0.717, 1.165) is 0 Å². The number of benzene rings is 1. The predicted molar refractivity (Wildman–Crippen MR) is 86.4 cm³/mol. The molecule has 1 aliphatic heterocycles. The van der Waals surface area contributed by atoms with Crippen molar-refractivity contribution < 1.29 is 29.3 Å². The standard InChI is InChI=1S/C16H22N2O6/c1-23-11-5-10(6-12(7-11)24-2)17-15(20)9-18-4-3-13(16(21)22)14(19)8-18/h5-7,13-14,19H,3-4,8-9H2,1-2H3,(H,17,20)(H,21,22)/t13-,14+/m0/s1. The third kappa shape index (κ3) is 4.59. The average Bonchev–Trinajstić information content (AvgIpc) is 2.53. The van der Waals surface area contributed by atoms with Gasteiger partial charge in [0.15, 0.2) is 0 Å². The summed E-state index contributed by atoms with van der Waals surface area (Å²) in [6, 6.07) is 5.04. The average molecular weight is 338 g/mol. The minimum Gasteiger partial charge on any atom is -0.497 e. The number of carbonyl (C=O) groups excluding carboxylic acids is 1. The van der Waals surface area contributed by atoms with Gasteiger partial charge in [-0.15, -0.1) is 0 Å². The van der Waals surface area contributed by atoms with Crippen molar-refractivity contribution in [1.82, 2.24) is 4.90 Å². The number of nitrogens with one attached hydrogen (secondary N) is 1. The van der Waals surface area contributed by atoms with Crippen LogP contribution in [0.5, 0.6) is 11.5 Å². The summed E-state index contributed by atoms with van der Waals surface area (Å²) >= 11 is 0. The van der Waals surface area contributed by atoms with E-state index in [4.69, 9.17) is 14.6 Å². The molecule has 3 N–H and O–H groups in total. The number of β-amino-alcohol motifs (C(OH)–C–C–N with tert-alkyl or cyclic N) is 1. The number of aliphatic hydroxyl groups excluding tert-OH is 1. The summed E-state index contributed by atoms with van der Waals surface area (Å²) in [7, 11) is 3.04. The number of hydrogen-bond donors (Lipinski definition) is 3. The van der Waals surface area contributed by atoms with Gasteiger partial charge in [0.2, 0.25) is 5.91 Å². The van der Waals surface area contributed by atoms with Crippen LogP contribution in [0.2, 0.25) is 0 Å². The Balaban J connectivity index is 1.93. The normalized spacial score (nSPS) is 21.1. The van der Waals surface area contributed by atoms with E-state index in [0.29, 0.717) is 30.2 Å². The Morgan fingerprint density at radius 2 is 1.88 bits per heavy atom. The number of piperidine rings is 1. The summed E-state index contributed by atoms with van der Waals surface area (Å²) in [6.07, 6.45) is -0.655. The fourth-order valence-corrected chi connectivity index (χ4v) is 2.71. The van der Waals surface area contributed by atoms with E-state index in [-0.39, 0.29) is 19.0 Å². The molecular weight excluding hydrogens is 316 g/mol. The molecule has 2 rings (SSSR count). The number of methoxy groups -OCH3 is 2. The molecular formula is C16H22N2O6. The molecule has 0 bridgehead atoms. The zero-order valence-electron chi connectivity index (χ0n) is 13.7. The maximum atomic E-state index is 12.2. The fourth-order valence-electron chi connectivity index (χ4n) is 2.71. The summed E-state index contributed by atoms with van der Waals surface area (Å²) in [4.78, 5) is 24.9. The Bertz CT molecular complexity index is 584. The molecule has 1 amide bonds. The predicted octanol–water partition coefficient (Wildman–Crippen LogP) is 0.410. The highest BCUT2D eigenvalue weighted by Crippen LogP contribution is 2.26. The number of ether oxygens (including phenoxy) is 2. The van der Waals surface area contributed by atoms with Crippen molar-refractivity contribution in [3.8, 4) is 11.5 Å². The van der Waals surface area contributed by atoms with Crippen LogP contribution in [0.25, 0.3) is 0 Å². The number of aliphatic carboxylic acids is 1. The number of rotatable bonds is 6. The van der Waals surface area contributed by atoms with Gasteiger partial charge in [0.25, 0.3) is 0 Å². The van der Waals surface area contributed by atoms with E-state index in [9.17, 15) is 14.7 Å². The van der Waals surface area contributed by atoms with E-state index in [2.05, 4.69) is 5.32 Å². The lowest BCUT2D eigenvalue weighted by atomic mass is 9.94. The van der Waals surface area contributed by atoms with E-state index < -0.39 is 18.0 Å². The van der Waals surface area contributed by atoms with Crippen LogP contribution in [0.15, 0.2) is 18.2 Å². The van der Waals surface area contributed by atoms with Crippen molar-refractivity contribution in [3.05, 3.63) is 18.2 Å². The van der Waals surface area contributed by atoms with E-state index in [1.54, 1.807) is 23.1 Å². The van der Waals surface area contributed by atoms with E-state index >= 15 is 0 Å². The molecule has 0 aliphatic carbocycles. The number of aliphatic hydroxyl groups is 1. The Hall–Kier alpha value is -2.32. The highest BCUT2D eigenvalue weighted by Gasteiger charge is 2.33. The minimum absolute atomic E-state index is 0.0723. The van der Waals surface area contributed by atoms with Crippen LogP contribution in [0.4, 0.5) is 5.69 Å². The summed E-state index contributed by atoms with van der Waals surface area (Å²) in [5.41, 5.74) is 0.539. The maximum absolute atomic E-state index is 12.2. The SMILES string of the molecule is COc1cc(NC(=O)CN2CC[C@H](C(=O)O)[C@H](O)C2)cc(OC)c1. The molecule has 1 heterocycles. The molecule has 8 heteroatoms. The summed E-state index contributed by atoms with van der Waals surface area (Å²) < 4.78 is 10.3. The zero-order valence-corrected chi connectivity index (χ0v) is 13.7. The van der Waals surface area contributed by atoms with Crippen LogP contribution in [0.3, 0.4) is 0 Å². The monoisotopic (exact) mass is 338 g/mol. The van der Waals surface area contributed by atoms with Crippen molar-refractivity contribution in [2.45, 2.75) is 12.5 Å². The summed E-state index contributed by atoms with van der Waals surface area (Å²) in [5.74, 6) is -0.919. The lowest BCUT2D eigenvalue weighted by Gasteiger charge is -2.33. The second kappa shape index (κ2) is 7.98. The van der Waals surface area contributed by atoms with Crippen molar-refractivity contribution >= 4 is 17.6 Å². The largest absolute Gasteiger partial charge is 0.497 e. The van der Waals surface area contributed by atoms with Crippen molar-refractivity contribution in [1.29, 1.82) is 0 Å². The van der Waals surface area contributed by atoms with Crippen molar-refractivity contribution in [3.63, 3.8) is 0 Å². The van der Waals surface area contributed by atoms with Gasteiger partial charge in [0.1, 0.15) is 11.5 Å². The number of likely N-dealkylation sites (tertiary alicyclic amines) is 1. The first-order valence-electron chi connectivity index (χ1n) is 7.59. The van der Waals surface area contributed by atoms with Gasteiger partial charge in [-0.3, -0.25) is 14.5 Å². The molecule has 1 aliphatic rings.